The van der Waals surface area contributed by atoms with E-state index in [4.69, 9.17) is 9.84 Å². The molecule has 0 radical (unpaired) electrons. The Balaban J connectivity index is -0.000000388. The fourth-order valence-electron chi connectivity index (χ4n) is 1.34. The van der Waals surface area contributed by atoms with Crippen LogP contribution >= 0.6 is 0 Å². The van der Waals surface area contributed by atoms with E-state index in [0.29, 0.717) is 12.8 Å². The normalized spacial score (nSPS) is 10.6. The monoisotopic (exact) mass is 387 g/mol. The number of esters is 1. The van der Waals surface area contributed by atoms with Crippen molar-refractivity contribution in [3.8, 4) is 0 Å². The molecule has 1 amide bonds. The van der Waals surface area contributed by atoms with E-state index in [2.05, 4.69) is 24.8 Å². The molecular weight excluding hydrogens is 355 g/mol. The lowest BCUT2D eigenvalue weighted by Gasteiger charge is -2.24. The molecule has 9 heteroatoms. The third kappa shape index (κ3) is 20.4. The molecule has 6 nitrogen and oxygen atoms in total. The summed E-state index contributed by atoms with van der Waals surface area (Å²) in [6.45, 7) is 12.0. The maximum absolute atomic E-state index is 11.3. The third-order valence-electron chi connectivity index (χ3n) is 2.80. The van der Waals surface area contributed by atoms with Gasteiger partial charge < -0.3 is 19.9 Å². The maximum Gasteiger partial charge on any atom is 0.471 e. The number of aliphatic hydroxyl groups is 1. The van der Waals surface area contributed by atoms with Gasteiger partial charge >= 0.3 is 18.1 Å². The zero-order chi connectivity index (χ0) is 21.2. The molecule has 0 aliphatic carbocycles. The quantitative estimate of drug-likeness (QED) is 0.361. The van der Waals surface area contributed by atoms with E-state index in [9.17, 15) is 22.8 Å². The van der Waals surface area contributed by atoms with Gasteiger partial charge in [0.1, 0.15) is 0 Å². The molecular formula is C17H32F3NO5. The molecule has 0 aliphatic heterocycles. The molecule has 0 aromatic rings. The highest BCUT2D eigenvalue weighted by atomic mass is 19.4. The molecule has 0 rings (SSSR count). The van der Waals surface area contributed by atoms with Crippen LogP contribution in [0.4, 0.5) is 13.2 Å². The van der Waals surface area contributed by atoms with E-state index in [1.165, 1.54) is 12.4 Å². The van der Waals surface area contributed by atoms with Crippen molar-refractivity contribution in [3.63, 3.8) is 0 Å². The van der Waals surface area contributed by atoms with Gasteiger partial charge in [-0.25, -0.2) is 0 Å². The van der Waals surface area contributed by atoms with Crippen LogP contribution in [0.3, 0.4) is 0 Å². The topological polar surface area (TPSA) is 84.9 Å². The highest BCUT2D eigenvalue weighted by molar-refractivity contribution is 5.81. The number of nitrogens with one attached hydrogen (secondary N) is 1. The Morgan fingerprint density at radius 2 is 1.73 bits per heavy atom. The van der Waals surface area contributed by atoms with Crippen molar-refractivity contribution in [2.75, 3.05) is 26.9 Å². The van der Waals surface area contributed by atoms with Crippen LogP contribution in [0.25, 0.3) is 0 Å². The van der Waals surface area contributed by atoms with Crippen LogP contribution in [0.1, 0.15) is 46.5 Å². The first kappa shape index (κ1) is 29.2. The van der Waals surface area contributed by atoms with E-state index in [-0.39, 0.29) is 18.1 Å². The summed E-state index contributed by atoms with van der Waals surface area (Å²) >= 11 is 0. The maximum atomic E-state index is 11.3. The van der Waals surface area contributed by atoms with Crippen LogP contribution < -0.4 is 5.32 Å². The SMILES string of the molecule is C=C.CCCCOC(C)(C)CCC(=O)OC.O=C(NCCO)C(F)(F)F. The minimum absolute atomic E-state index is 0.169. The van der Waals surface area contributed by atoms with E-state index in [1.807, 2.05) is 13.8 Å². The highest BCUT2D eigenvalue weighted by Crippen LogP contribution is 2.17. The smallest absolute Gasteiger partial charge is 0.469 e. The third-order valence-corrected chi connectivity index (χ3v) is 2.80. The van der Waals surface area contributed by atoms with Crippen LogP contribution in [0.2, 0.25) is 0 Å². The molecule has 156 valence electrons. The van der Waals surface area contributed by atoms with Crippen LogP contribution in [0.15, 0.2) is 13.2 Å². The Kier molecular flexibility index (Phi) is 18.9. The van der Waals surface area contributed by atoms with Gasteiger partial charge in [0.2, 0.25) is 0 Å². The fraction of sp³-hybridized carbons (Fsp3) is 0.765. The largest absolute Gasteiger partial charge is 0.471 e. The van der Waals surface area contributed by atoms with E-state index >= 15 is 0 Å². The lowest BCUT2D eigenvalue weighted by Crippen LogP contribution is -2.38. The molecule has 0 heterocycles. The van der Waals surface area contributed by atoms with E-state index in [0.717, 1.165) is 19.4 Å². The van der Waals surface area contributed by atoms with Gasteiger partial charge in [0.25, 0.3) is 0 Å². The van der Waals surface area contributed by atoms with Gasteiger partial charge in [-0.05, 0) is 26.7 Å². The Bertz CT molecular complexity index is 374. The standard InChI is InChI=1S/C11H22O3.C4H6F3NO2.C2H4/c1-5-6-9-14-11(2,3)8-7-10(12)13-4;5-4(6,7)3(10)8-1-2-9;1-2/h5-9H2,1-4H3;9H,1-2H2,(H,8,10);1-2H2. The van der Waals surface area contributed by atoms with Crippen molar-refractivity contribution >= 4 is 11.9 Å². The second-order valence-electron chi connectivity index (χ2n) is 5.52. The van der Waals surface area contributed by atoms with Crippen molar-refractivity contribution < 1.29 is 37.3 Å². The lowest BCUT2D eigenvalue weighted by molar-refractivity contribution is -0.173. The first-order valence-electron chi connectivity index (χ1n) is 8.16. The fourth-order valence-corrected chi connectivity index (χ4v) is 1.34. The number of ether oxygens (including phenoxy) is 2. The Hall–Kier alpha value is -1.61. The zero-order valence-corrected chi connectivity index (χ0v) is 16.1. The summed E-state index contributed by atoms with van der Waals surface area (Å²) in [6, 6.07) is 0. The minimum Gasteiger partial charge on any atom is -0.469 e. The number of hydrogen-bond donors (Lipinski definition) is 2. The van der Waals surface area contributed by atoms with Gasteiger partial charge in [0.15, 0.2) is 0 Å². The molecule has 2 N–H and O–H groups in total. The Morgan fingerprint density at radius 3 is 2.12 bits per heavy atom. The number of halogens is 3. The first-order chi connectivity index (χ1) is 12.0. The molecule has 0 unspecified atom stereocenters. The molecule has 26 heavy (non-hydrogen) atoms. The van der Waals surface area contributed by atoms with Crippen LogP contribution in [-0.4, -0.2) is 55.6 Å². The number of aliphatic hydroxyl groups excluding tert-OH is 1. The molecule has 0 atom stereocenters. The number of carbonyl (C=O) groups excluding carboxylic acids is 2. The summed E-state index contributed by atoms with van der Waals surface area (Å²) in [5.74, 6) is -2.20. The summed E-state index contributed by atoms with van der Waals surface area (Å²) in [5.41, 5.74) is -0.219. The summed E-state index contributed by atoms with van der Waals surface area (Å²) in [4.78, 5) is 20.8. The molecule has 0 saturated heterocycles. The number of unbranched alkanes of at least 4 members (excludes halogenated alkanes) is 1. The summed E-state index contributed by atoms with van der Waals surface area (Å²) < 4.78 is 44.1. The predicted octanol–water partition coefficient (Wildman–Crippen LogP) is 2.99. The second-order valence-corrected chi connectivity index (χ2v) is 5.52. The number of methoxy groups -OCH3 is 1. The van der Waals surface area contributed by atoms with Crippen molar-refractivity contribution in [3.05, 3.63) is 13.2 Å². The molecule has 0 bridgehead atoms. The molecule has 0 aromatic heterocycles. The van der Waals surface area contributed by atoms with Gasteiger partial charge in [-0.3, -0.25) is 9.59 Å². The molecule has 0 fully saturated rings. The van der Waals surface area contributed by atoms with Crippen molar-refractivity contribution in [1.29, 1.82) is 0 Å². The van der Waals surface area contributed by atoms with Gasteiger partial charge in [0.05, 0.1) is 19.3 Å². The zero-order valence-electron chi connectivity index (χ0n) is 16.1. The number of alkyl halides is 3. The summed E-state index contributed by atoms with van der Waals surface area (Å²) in [5, 5.41) is 9.46. The summed E-state index contributed by atoms with van der Waals surface area (Å²) in [6.07, 6.45) is -1.51. The van der Waals surface area contributed by atoms with Gasteiger partial charge in [-0.2, -0.15) is 13.2 Å². The van der Waals surface area contributed by atoms with Crippen LogP contribution in [0.5, 0.6) is 0 Å². The van der Waals surface area contributed by atoms with Gasteiger partial charge in [-0.1, -0.05) is 13.3 Å². The summed E-state index contributed by atoms with van der Waals surface area (Å²) in [7, 11) is 1.41. The van der Waals surface area contributed by atoms with Crippen LogP contribution in [-0.2, 0) is 19.1 Å². The molecule has 0 spiro atoms. The minimum atomic E-state index is -4.85. The molecule has 0 aliphatic rings. The Labute approximate surface area is 153 Å². The Morgan fingerprint density at radius 1 is 1.19 bits per heavy atom. The number of rotatable bonds is 9. The van der Waals surface area contributed by atoms with Crippen LogP contribution in [0, 0.1) is 0 Å². The molecule has 0 aromatic carbocycles. The van der Waals surface area contributed by atoms with E-state index < -0.39 is 18.7 Å². The lowest BCUT2D eigenvalue weighted by atomic mass is 10.0. The second kappa shape index (κ2) is 16.8. The van der Waals surface area contributed by atoms with Crippen molar-refractivity contribution in [2.24, 2.45) is 0 Å². The van der Waals surface area contributed by atoms with Crippen molar-refractivity contribution in [2.45, 2.75) is 58.2 Å². The highest BCUT2D eigenvalue weighted by Gasteiger charge is 2.38. The average Bonchev–Trinajstić information content (AvgIpc) is 2.59. The molecule has 0 saturated carbocycles. The number of carbonyl (C=O) groups is 2. The van der Waals surface area contributed by atoms with Gasteiger partial charge in [0, 0.05) is 19.6 Å². The predicted molar refractivity (Wildman–Crippen MR) is 93.6 cm³/mol. The van der Waals surface area contributed by atoms with Gasteiger partial charge in [-0.15, -0.1) is 13.2 Å². The van der Waals surface area contributed by atoms with Crippen molar-refractivity contribution in [1.82, 2.24) is 5.32 Å². The number of amides is 1. The number of hydrogen-bond acceptors (Lipinski definition) is 5. The first-order valence-corrected chi connectivity index (χ1v) is 8.16. The van der Waals surface area contributed by atoms with E-state index in [1.54, 1.807) is 0 Å². The average molecular weight is 387 g/mol.